The molecule has 0 amide bonds. The fourth-order valence-electron chi connectivity index (χ4n) is 2.71. The Morgan fingerprint density at radius 2 is 1.91 bits per heavy atom. The number of nitrogens with one attached hydrogen (secondary N) is 1. The summed E-state index contributed by atoms with van der Waals surface area (Å²) in [6.45, 7) is 2.24. The lowest BCUT2D eigenvalue weighted by Gasteiger charge is -2.11. The van der Waals surface area contributed by atoms with Crippen molar-refractivity contribution in [2.45, 2.75) is 13.3 Å². The molecule has 0 atom stereocenters. The van der Waals surface area contributed by atoms with E-state index in [0.717, 1.165) is 16.6 Å². The van der Waals surface area contributed by atoms with Crippen molar-refractivity contribution in [1.82, 2.24) is 4.98 Å². The van der Waals surface area contributed by atoms with Crippen molar-refractivity contribution in [3.8, 4) is 0 Å². The second kappa shape index (κ2) is 5.72. The summed E-state index contributed by atoms with van der Waals surface area (Å²) < 4.78 is 5.00. The van der Waals surface area contributed by atoms with Crippen molar-refractivity contribution in [1.29, 1.82) is 0 Å². The number of ether oxygens (including phenoxy) is 1. The molecule has 0 aliphatic carbocycles. The zero-order valence-electron chi connectivity index (χ0n) is 13.1. The maximum Gasteiger partial charge on any atom is 0.310 e. The number of hydrogen-bond donors (Lipinski definition) is 1. The van der Waals surface area contributed by atoms with Crippen molar-refractivity contribution >= 4 is 33.5 Å². The molecule has 1 heterocycles. The second-order valence-corrected chi connectivity index (χ2v) is 5.61. The largest absolute Gasteiger partial charge is 0.466 e. The lowest BCUT2D eigenvalue weighted by Crippen LogP contribution is -2.07. The van der Waals surface area contributed by atoms with Crippen LogP contribution in [0.15, 0.2) is 36.4 Å². The first-order valence-corrected chi connectivity index (χ1v) is 7.46. The fraction of sp³-hybridized carbons (Fsp3) is 0.278. The number of carbonyl (C=O) groups is 1. The lowest BCUT2D eigenvalue weighted by atomic mass is 10.1. The smallest absolute Gasteiger partial charge is 0.310 e. The molecule has 0 fully saturated rings. The lowest BCUT2D eigenvalue weighted by molar-refractivity contribution is -0.142. The van der Waals surface area contributed by atoms with Crippen LogP contribution in [0.2, 0.25) is 0 Å². The Labute approximate surface area is 129 Å². The monoisotopic (exact) mass is 296 g/mol. The molecule has 4 heteroatoms. The van der Waals surface area contributed by atoms with Crippen LogP contribution < -0.4 is 4.90 Å². The number of esters is 1. The van der Waals surface area contributed by atoms with E-state index in [1.165, 1.54) is 16.5 Å². The van der Waals surface area contributed by atoms with Gasteiger partial charge in [-0.3, -0.25) is 4.79 Å². The van der Waals surface area contributed by atoms with Crippen LogP contribution in [-0.4, -0.2) is 31.7 Å². The van der Waals surface area contributed by atoms with Gasteiger partial charge < -0.3 is 14.6 Å². The van der Waals surface area contributed by atoms with Crippen molar-refractivity contribution in [3.63, 3.8) is 0 Å². The van der Waals surface area contributed by atoms with Gasteiger partial charge in [0.25, 0.3) is 0 Å². The molecule has 1 N–H and O–H groups in total. The Morgan fingerprint density at radius 3 is 2.64 bits per heavy atom. The van der Waals surface area contributed by atoms with E-state index in [9.17, 15) is 4.79 Å². The number of rotatable bonds is 4. The van der Waals surface area contributed by atoms with E-state index in [1.807, 2.05) is 33.2 Å². The van der Waals surface area contributed by atoms with Gasteiger partial charge in [-0.2, -0.15) is 0 Å². The van der Waals surface area contributed by atoms with Crippen molar-refractivity contribution in [3.05, 3.63) is 42.0 Å². The summed E-state index contributed by atoms with van der Waals surface area (Å²) in [5.74, 6) is -0.187. The van der Waals surface area contributed by atoms with Crippen LogP contribution in [-0.2, 0) is 16.0 Å². The summed E-state index contributed by atoms with van der Waals surface area (Å²) in [6, 6.07) is 12.5. The summed E-state index contributed by atoms with van der Waals surface area (Å²) in [7, 11) is 4.07. The van der Waals surface area contributed by atoms with Crippen LogP contribution in [0.3, 0.4) is 0 Å². The first-order chi connectivity index (χ1) is 10.6. The highest BCUT2D eigenvalue weighted by Crippen LogP contribution is 2.29. The van der Waals surface area contributed by atoms with Crippen LogP contribution in [0.5, 0.6) is 0 Å². The van der Waals surface area contributed by atoms with E-state index < -0.39 is 0 Å². The number of hydrogen-bond acceptors (Lipinski definition) is 3. The number of aromatic amines is 1. The molecule has 0 saturated carbocycles. The molecule has 22 heavy (non-hydrogen) atoms. The van der Waals surface area contributed by atoms with Crippen LogP contribution >= 0.6 is 0 Å². The van der Waals surface area contributed by atoms with Gasteiger partial charge in [-0.25, -0.2) is 0 Å². The minimum atomic E-state index is -0.187. The maximum atomic E-state index is 11.6. The fourth-order valence-corrected chi connectivity index (χ4v) is 2.71. The highest BCUT2D eigenvalue weighted by Gasteiger charge is 2.09. The Balaban J connectivity index is 2.02. The molecule has 0 radical (unpaired) electrons. The summed E-state index contributed by atoms with van der Waals surface area (Å²) in [4.78, 5) is 17.1. The number of aromatic nitrogens is 1. The molecule has 0 aliphatic rings. The number of anilines is 1. The normalized spacial score (nSPS) is 11.0. The number of H-pyrrole nitrogens is 1. The third-order valence-corrected chi connectivity index (χ3v) is 3.82. The van der Waals surface area contributed by atoms with Gasteiger partial charge in [0.05, 0.1) is 13.0 Å². The molecular formula is C18H20N2O2. The van der Waals surface area contributed by atoms with Gasteiger partial charge >= 0.3 is 5.97 Å². The third kappa shape index (κ3) is 2.64. The average Bonchev–Trinajstić information content (AvgIpc) is 2.84. The van der Waals surface area contributed by atoms with Gasteiger partial charge in [-0.15, -0.1) is 0 Å². The van der Waals surface area contributed by atoms with Gasteiger partial charge in [-0.05, 0) is 36.8 Å². The Bertz CT molecular complexity index is 834. The van der Waals surface area contributed by atoms with E-state index in [1.54, 1.807) is 0 Å². The molecule has 4 nitrogen and oxygen atoms in total. The SMILES string of the molecule is CCOC(=O)Cc1ccc2c(c1)[nH]c1ccc(N(C)C)cc12. The zero-order valence-corrected chi connectivity index (χ0v) is 13.1. The molecule has 0 saturated heterocycles. The summed E-state index contributed by atoms with van der Waals surface area (Å²) in [5.41, 5.74) is 4.29. The van der Waals surface area contributed by atoms with Crippen molar-refractivity contribution < 1.29 is 9.53 Å². The zero-order chi connectivity index (χ0) is 15.7. The summed E-state index contributed by atoms with van der Waals surface area (Å²) >= 11 is 0. The standard InChI is InChI=1S/C18H20N2O2/c1-4-22-18(21)10-12-5-7-14-15-11-13(20(2)3)6-8-16(15)19-17(14)9-12/h5-9,11,19H,4,10H2,1-3H3. The van der Waals surface area contributed by atoms with Gasteiger partial charge in [0.15, 0.2) is 0 Å². The Morgan fingerprint density at radius 1 is 1.09 bits per heavy atom. The third-order valence-electron chi connectivity index (χ3n) is 3.82. The van der Waals surface area contributed by atoms with E-state index >= 15 is 0 Å². The molecule has 0 aliphatic heterocycles. The molecule has 0 bridgehead atoms. The summed E-state index contributed by atoms with van der Waals surface area (Å²) in [6.07, 6.45) is 0.308. The van der Waals surface area contributed by atoms with Gasteiger partial charge in [0.2, 0.25) is 0 Å². The van der Waals surface area contributed by atoms with Crippen molar-refractivity contribution in [2.75, 3.05) is 25.6 Å². The number of carbonyl (C=O) groups excluding carboxylic acids is 1. The molecule has 0 spiro atoms. The van der Waals surface area contributed by atoms with Crippen molar-refractivity contribution in [2.24, 2.45) is 0 Å². The van der Waals surface area contributed by atoms with Crippen LogP contribution in [0.4, 0.5) is 5.69 Å². The van der Waals surface area contributed by atoms with Crippen LogP contribution in [0, 0.1) is 0 Å². The molecule has 3 rings (SSSR count). The maximum absolute atomic E-state index is 11.6. The number of nitrogens with zero attached hydrogens (tertiary/aromatic N) is 1. The average molecular weight is 296 g/mol. The quantitative estimate of drug-likeness (QED) is 0.750. The van der Waals surface area contributed by atoms with E-state index in [-0.39, 0.29) is 5.97 Å². The minimum absolute atomic E-state index is 0.187. The molecule has 114 valence electrons. The topological polar surface area (TPSA) is 45.3 Å². The van der Waals surface area contributed by atoms with Gasteiger partial charge in [0, 0.05) is 41.6 Å². The first-order valence-electron chi connectivity index (χ1n) is 7.46. The van der Waals surface area contributed by atoms with Gasteiger partial charge in [-0.1, -0.05) is 12.1 Å². The molecule has 1 aromatic heterocycles. The van der Waals surface area contributed by atoms with Gasteiger partial charge in [0.1, 0.15) is 0 Å². The highest BCUT2D eigenvalue weighted by molar-refractivity contribution is 6.08. The van der Waals surface area contributed by atoms with E-state index in [4.69, 9.17) is 4.74 Å². The Hall–Kier alpha value is -2.49. The highest BCUT2D eigenvalue weighted by atomic mass is 16.5. The second-order valence-electron chi connectivity index (χ2n) is 5.61. The van der Waals surface area contributed by atoms with E-state index in [2.05, 4.69) is 34.1 Å². The summed E-state index contributed by atoms with van der Waals surface area (Å²) in [5, 5.41) is 2.37. The minimum Gasteiger partial charge on any atom is -0.466 e. The van der Waals surface area contributed by atoms with E-state index in [0.29, 0.717) is 13.0 Å². The number of benzene rings is 2. The Kier molecular flexibility index (Phi) is 3.75. The molecule has 0 unspecified atom stereocenters. The van der Waals surface area contributed by atoms with Crippen LogP contribution in [0.1, 0.15) is 12.5 Å². The predicted molar refractivity (Wildman–Crippen MR) is 90.5 cm³/mol. The first kappa shape index (κ1) is 14.4. The molecule has 2 aromatic carbocycles. The number of fused-ring (bicyclic) bond motifs is 3. The predicted octanol–water partition coefficient (Wildman–Crippen LogP) is 3.49. The molecular weight excluding hydrogens is 276 g/mol. The van der Waals surface area contributed by atoms with Crippen LogP contribution in [0.25, 0.3) is 21.8 Å². The molecule has 3 aromatic rings.